The fraction of sp³-hybridized carbons (Fsp3) is 0.158. The van der Waals surface area contributed by atoms with Crippen molar-refractivity contribution in [1.82, 2.24) is 15.2 Å². The number of anilines is 2. The third-order valence-electron chi connectivity index (χ3n) is 3.52. The van der Waals surface area contributed by atoms with Crippen LogP contribution >= 0.6 is 0 Å². The molecule has 0 saturated heterocycles. The summed E-state index contributed by atoms with van der Waals surface area (Å²) < 4.78 is 5.37. The van der Waals surface area contributed by atoms with E-state index in [0.29, 0.717) is 24.7 Å². The number of aromatic nitrogens is 3. The lowest BCUT2D eigenvalue weighted by Gasteiger charge is -2.07. The summed E-state index contributed by atoms with van der Waals surface area (Å²) in [5.41, 5.74) is 1.94. The van der Waals surface area contributed by atoms with Gasteiger partial charge in [0.1, 0.15) is 11.6 Å². The summed E-state index contributed by atoms with van der Waals surface area (Å²) in [6, 6.07) is 14.3. The molecule has 3 rings (SSSR count). The standard InChI is InChI=1S/C19H19N5O2/c1-2-26-16-7-5-15(6-8-16)22-19(25)17-9-10-18(24-23-17)21-13-14-4-3-11-20-12-14/h3-12H,2,13H2,1H3,(H,21,24)(H,22,25). The number of amides is 1. The van der Waals surface area contributed by atoms with E-state index in [1.807, 2.05) is 19.1 Å². The van der Waals surface area contributed by atoms with Gasteiger partial charge in [-0.15, -0.1) is 10.2 Å². The molecule has 0 aliphatic carbocycles. The van der Waals surface area contributed by atoms with E-state index < -0.39 is 0 Å². The average Bonchev–Trinajstić information content (AvgIpc) is 2.69. The molecule has 3 aromatic rings. The highest BCUT2D eigenvalue weighted by Crippen LogP contribution is 2.16. The highest BCUT2D eigenvalue weighted by Gasteiger charge is 2.09. The molecular formula is C19H19N5O2. The van der Waals surface area contributed by atoms with Crippen LogP contribution in [0.25, 0.3) is 0 Å². The summed E-state index contributed by atoms with van der Waals surface area (Å²) in [6.07, 6.45) is 3.50. The number of rotatable bonds is 7. The number of carbonyl (C=O) groups is 1. The van der Waals surface area contributed by atoms with Crippen molar-refractivity contribution in [3.63, 3.8) is 0 Å². The Kier molecular flexibility index (Phi) is 5.72. The van der Waals surface area contributed by atoms with E-state index in [1.54, 1.807) is 48.8 Å². The molecule has 7 nitrogen and oxygen atoms in total. The molecule has 1 aromatic carbocycles. The van der Waals surface area contributed by atoms with Crippen LogP contribution in [0.3, 0.4) is 0 Å². The van der Waals surface area contributed by atoms with Crippen molar-refractivity contribution >= 4 is 17.4 Å². The first kappa shape index (κ1) is 17.3. The molecule has 2 heterocycles. The van der Waals surface area contributed by atoms with Gasteiger partial charge in [0.05, 0.1) is 6.61 Å². The molecule has 7 heteroatoms. The number of nitrogens with one attached hydrogen (secondary N) is 2. The maximum Gasteiger partial charge on any atom is 0.276 e. The predicted octanol–water partition coefficient (Wildman–Crippen LogP) is 3.13. The third kappa shape index (κ3) is 4.76. The van der Waals surface area contributed by atoms with Crippen molar-refractivity contribution in [3.8, 4) is 5.75 Å². The van der Waals surface area contributed by atoms with E-state index in [2.05, 4.69) is 25.8 Å². The van der Waals surface area contributed by atoms with Crippen molar-refractivity contribution in [3.05, 3.63) is 72.2 Å². The van der Waals surface area contributed by atoms with Crippen molar-refractivity contribution in [2.24, 2.45) is 0 Å². The van der Waals surface area contributed by atoms with E-state index in [9.17, 15) is 4.79 Å². The van der Waals surface area contributed by atoms with Gasteiger partial charge in [-0.2, -0.15) is 0 Å². The second-order valence-corrected chi connectivity index (χ2v) is 5.43. The summed E-state index contributed by atoms with van der Waals surface area (Å²) in [7, 11) is 0. The Morgan fingerprint density at radius 1 is 1.08 bits per heavy atom. The molecule has 0 aliphatic heterocycles. The van der Waals surface area contributed by atoms with Gasteiger partial charge in [0, 0.05) is 24.6 Å². The van der Waals surface area contributed by atoms with Crippen molar-refractivity contribution in [1.29, 1.82) is 0 Å². The number of hydrogen-bond donors (Lipinski definition) is 2. The average molecular weight is 349 g/mol. The lowest BCUT2D eigenvalue weighted by atomic mass is 10.2. The molecule has 0 radical (unpaired) electrons. The van der Waals surface area contributed by atoms with Crippen LogP contribution in [0.1, 0.15) is 23.0 Å². The number of pyridine rings is 1. The number of carbonyl (C=O) groups excluding carboxylic acids is 1. The fourth-order valence-corrected chi connectivity index (χ4v) is 2.24. The van der Waals surface area contributed by atoms with Crippen LogP contribution in [-0.4, -0.2) is 27.7 Å². The Bertz CT molecular complexity index is 836. The fourth-order valence-electron chi connectivity index (χ4n) is 2.24. The summed E-state index contributed by atoms with van der Waals surface area (Å²) >= 11 is 0. The minimum Gasteiger partial charge on any atom is -0.494 e. The molecular weight excluding hydrogens is 330 g/mol. The van der Waals surface area contributed by atoms with Crippen molar-refractivity contribution in [2.45, 2.75) is 13.5 Å². The molecule has 0 aliphatic rings. The van der Waals surface area contributed by atoms with Crippen LogP contribution in [0, 0.1) is 0 Å². The van der Waals surface area contributed by atoms with Crippen LogP contribution in [-0.2, 0) is 6.54 Å². The highest BCUT2D eigenvalue weighted by molar-refractivity contribution is 6.02. The number of hydrogen-bond acceptors (Lipinski definition) is 6. The Morgan fingerprint density at radius 2 is 1.92 bits per heavy atom. The van der Waals surface area contributed by atoms with Crippen LogP contribution < -0.4 is 15.4 Å². The van der Waals surface area contributed by atoms with Crippen LogP contribution in [0.15, 0.2) is 60.9 Å². The lowest BCUT2D eigenvalue weighted by Crippen LogP contribution is -2.15. The molecule has 0 spiro atoms. The second-order valence-electron chi connectivity index (χ2n) is 5.43. The summed E-state index contributed by atoms with van der Waals surface area (Å²) in [5.74, 6) is 1.03. The highest BCUT2D eigenvalue weighted by atomic mass is 16.5. The summed E-state index contributed by atoms with van der Waals surface area (Å²) in [4.78, 5) is 16.3. The number of ether oxygens (including phenoxy) is 1. The first-order valence-corrected chi connectivity index (χ1v) is 8.25. The molecule has 26 heavy (non-hydrogen) atoms. The molecule has 0 atom stereocenters. The van der Waals surface area contributed by atoms with Crippen LogP contribution in [0.5, 0.6) is 5.75 Å². The maximum atomic E-state index is 12.2. The number of benzene rings is 1. The Hall–Kier alpha value is -3.48. The van der Waals surface area contributed by atoms with Crippen molar-refractivity contribution in [2.75, 3.05) is 17.2 Å². The maximum absolute atomic E-state index is 12.2. The van der Waals surface area contributed by atoms with Gasteiger partial charge in [-0.3, -0.25) is 9.78 Å². The zero-order valence-electron chi connectivity index (χ0n) is 14.3. The monoisotopic (exact) mass is 349 g/mol. The third-order valence-corrected chi connectivity index (χ3v) is 3.52. The molecule has 1 amide bonds. The Morgan fingerprint density at radius 3 is 2.58 bits per heavy atom. The molecule has 0 unspecified atom stereocenters. The second kappa shape index (κ2) is 8.57. The van der Waals surface area contributed by atoms with Gasteiger partial charge in [0.2, 0.25) is 0 Å². The smallest absolute Gasteiger partial charge is 0.276 e. The van der Waals surface area contributed by atoms with E-state index in [-0.39, 0.29) is 11.6 Å². The first-order chi connectivity index (χ1) is 12.7. The largest absolute Gasteiger partial charge is 0.494 e. The topological polar surface area (TPSA) is 89.0 Å². The van der Waals surface area contributed by atoms with Gasteiger partial charge in [-0.1, -0.05) is 6.07 Å². The van der Waals surface area contributed by atoms with Crippen molar-refractivity contribution < 1.29 is 9.53 Å². The molecule has 132 valence electrons. The molecule has 2 aromatic heterocycles. The van der Waals surface area contributed by atoms with Gasteiger partial charge in [-0.05, 0) is 55.0 Å². The first-order valence-electron chi connectivity index (χ1n) is 8.25. The van der Waals surface area contributed by atoms with Gasteiger partial charge in [0.25, 0.3) is 5.91 Å². The lowest BCUT2D eigenvalue weighted by molar-refractivity contribution is 0.102. The SMILES string of the molecule is CCOc1ccc(NC(=O)c2ccc(NCc3cccnc3)nn2)cc1. The molecule has 0 bridgehead atoms. The van der Waals surface area contributed by atoms with Gasteiger partial charge < -0.3 is 15.4 Å². The normalized spacial score (nSPS) is 10.2. The van der Waals surface area contributed by atoms with E-state index in [4.69, 9.17) is 4.74 Å². The quantitative estimate of drug-likeness (QED) is 0.681. The minimum atomic E-state index is -0.319. The number of nitrogens with zero attached hydrogens (tertiary/aromatic N) is 3. The van der Waals surface area contributed by atoms with Crippen LogP contribution in [0.4, 0.5) is 11.5 Å². The zero-order chi connectivity index (χ0) is 18.2. The van der Waals surface area contributed by atoms with E-state index in [0.717, 1.165) is 11.3 Å². The predicted molar refractivity (Wildman–Crippen MR) is 99.2 cm³/mol. The molecule has 0 fully saturated rings. The molecule has 2 N–H and O–H groups in total. The molecule has 0 saturated carbocycles. The zero-order valence-corrected chi connectivity index (χ0v) is 14.3. The summed E-state index contributed by atoms with van der Waals surface area (Å²) in [5, 5.41) is 13.9. The summed E-state index contributed by atoms with van der Waals surface area (Å²) in [6.45, 7) is 3.10. The van der Waals surface area contributed by atoms with Gasteiger partial charge >= 0.3 is 0 Å². The minimum absolute atomic E-state index is 0.241. The van der Waals surface area contributed by atoms with E-state index in [1.165, 1.54) is 0 Å². The van der Waals surface area contributed by atoms with E-state index >= 15 is 0 Å². The van der Waals surface area contributed by atoms with Crippen LogP contribution in [0.2, 0.25) is 0 Å². The Balaban J connectivity index is 1.56. The van der Waals surface area contributed by atoms with Gasteiger partial charge in [-0.25, -0.2) is 0 Å². The van der Waals surface area contributed by atoms with Gasteiger partial charge in [0.15, 0.2) is 5.69 Å². The Labute approximate surface area is 151 Å².